The average molecular weight is 286 g/mol. The second-order valence-corrected chi connectivity index (χ2v) is 8.41. The fraction of sp³-hybridized carbons (Fsp3) is 0.750. The molecule has 0 spiro atoms. The van der Waals surface area contributed by atoms with E-state index in [4.69, 9.17) is 0 Å². The predicted octanol–water partition coefficient (Wildman–Crippen LogP) is 5.46. The highest BCUT2D eigenvalue weighted by Crippen LogP contribution is 2.62. The number of fused-ring (bicyclic) bond motifs is 3. The molecular weight excluding hydrogens is 256 g/mol. The molecule has 0 heterocycles. The molecule has 0 aromatic heterocycles. The van der Waals surface area contributed by atoms with Crippen molar-refractivity contribution in [3.8, 4) is 0 Å². The standard InChI is InChI=1S/C20H30O/c1-14(2)15-6-8-17-16(12-15)7-9-18-19(3,13-21)10-5-11-20(17,18)4/h12-13,17-18H,5-11H2,1-4H3/t17-,18-,19-,20+/m0/s1. The van der Waals surface area contributed by atoms with Gasteiger partial charge in [0, 0.05) is 5.41 Å². The second kappa shape index (κ2) is 5.11. The molecule has 2 saturated carbocycles. The fourth-order valence-electron chi connectivity index (χ4n) is 5.76. The minimum absolute atomic E-state index is 0.0741. The molecule has 0 N–H and O–H groups in total. The number of hydrogen-bond acceptors (Lipinski definition) is 1. The van der Waals surface area contributed by atoms with E-state index < -0.39 is 0 Å². The van der Waals surface area contributed by atoms with Gasteiger partial charge in [-0.25, -0.2) is 0 Å². The molecule has 3 aliphatic carbocycles. The quantitative estimate of drug-likeness (QED) is 0.585. The molecule has 4 atom stereocenters. The average Bonchev–Trinajstić information content (AvgIpc) is 2.46. The van der Waals surface area contributed by atoms with Crippen LogP contribution in [0.3, 0.4) is 0 Å². The second-order valence-electron chi connectivity index (χ2n) is 8.41. The van der Waals surface area contributed by atoms with Crippen LogP contribution in [0.25, 0.3) is 0 Å². The van der Waals surface area contributed by atoms with Gasteiger partial charge >= 0.3 is 0 Å². The van der Waals surface area contributed by atoms with Crippen LogP contribution < -0.4 is 0 Å². The molecule has 0 aromatic carbocycles. The Morgan fingerprint density at radius 2 is 1.95 bits per heavy atom. The SMILES string of the molecule is CC(C)=C1C=C2CC[C@@H]3[C@](C)(CCC[C@@]3(C)C=O)[C@H]2CC1. The maximum Gasteiger partial charge on any atom is 0.126 e. The highest BCUT2D eigenvalue weighted by molar-refractivity contribution is 5.60. The van der Waals surface area contributed by atoms with E-state index >= 15 is 0 Å². The van der Waals surface area contributed by atoms with E-state index in [2.05, 4.69) is 33.8 Å². The van der Waals surface area contributed by atoms with E-state index in [1.807, 2.05) is 0 Å². The molecule has 3 rings (SSSR count). The van der Waals surface area contributed by atoms with Gasteiger partial charge in [-0.2, -0.15) is 0 Å². The van der Waals surface area contributed by atoms with E-state index in [0.717, 1.165) is 12.3 Å². The lowest BCUT2D eigenvalue weighted by atomic mass is 9.46. The van der Waals surface area contributed by atoms with Crippen molar-refractivity contribution < 1.29 is 4.79 Å². The third kappa shape index (κ3) is 2.24. The maximum absolute atomic E-state index is 11.8. The summed E-state index contributed by atoms with van der Waals surface area (Å²) in [4.78, 5) is 11.8. The van der Waals surface area contributed by atoms with Crippen molar-refractivity contribution in [3.05, 3.63) is 22.8 Å². The van der Waals surface area contributed by atoms with E-state index in [1.165, 1.54) is 50.4 Å². The summed E-state index contributed by atoms with van der Waals surface area (Å²) in [5.74, 6) is 1.31. The van der Waals surface area contributed by atoms with Crippen LogP contribution in [0, 0.1) is 22.7 Å². The monoisotopic (exact) mass is 286 g/mol. The molecule has 3 aliphatic rings. The summed E-state index contributed by atoms with van der Waals surface area (Å²) in [6, 6.07) is 0. The van der Waals surface area contributed by atoms with Gasteiger partial charge in [-0.05, 0) is 75.2 Å². The van der Waals surface area contributed by atoms with Gasteiger partial charge in [0.25, 0.3) is 0 Å². The van der Waals surface area contributed by atoms with Crippen LogP contribution in [0.2, 0.25) is 0 Å². The molecule has 0 bridgehead atoms. The number of allylic oxidation sites excluding steroid dienone is 4. The summed E-state index contributed by atoms with van der Waals surface area (Å²) < 4.78 is 0. The first-order chi connectivity index (χ1) is 9.90. The fourth-order valence-corrected chi connectivity index (χ4v) is 5.76. The van der Waals surface area contributed by atoms with E-state index in [1.54, 1.807) is 11.1 Å². The van der Waals surface area contributed by atoms with Crippen molar-refractivity contribution in [1.82, 2.24) is 0 Å². The molecule has 0 radical (unpaired) electrons. The largest absolute Gasteiger partial charge is 0.303 e. The zero-order valence-corrected chi connectivity index (χ0v) is 14.2. The van der Waals surface area contributed by atoms with Crippen LogP contribution >= 0.6 is 0 Å². The van der Waals surface area contributed by atoms with Crippen LogP contribution in [-0.4, -0.2) is 6.29 Å². The Kier molecular flexibility index (Phi) is 3.66. The van der Waals surface area contributed by atoms with Crippen LogP contribution in [0.15, 0.2) is 22.8 Å². The molecule has 0 aliphatic heterocycles. The lowest BCUT2D eigenvalue weighted by Crippen LogP contribution is -2.51. The maximum atomic E-state index is 11.8. The number of carbonyl (C=O) groups excluding carboxylic acids is 1. The Bertz CT molecular complexity index is 508. The van der Waals surface area contributed by atoms with Gasteiger partial charge in [-0.1, -0.05) is 37.5 Å². The van der Waals surface area contributed by atoms with Gasteiger partial charge < -0.3 is 4.79 Å². The van der Waals surface area contributed by atoms with Gasteiger partial charge in [0.1, 0.15) is 6.29 Å². The zero-order chi connectivity index (χ0) is 15.3. The van der Waals surface area contributed by atoms with Crippen molar-refractivity contribution in [3.63, 3.8) is 0 Å². The Hall–Kier alpha value is -0.850. The minimum atomic E-state index is -0.0741. The van der Waals surface area contributed by atoms with Crippen molar-refractivity contribution >= 4 is 6.29 Å². The van der Waals surface area contributed by atoms with E-state index in [9.17, 15) is 4.79 Å². The lowest BCUT2D eigenvalue weighted by Gasteiger charge is -2.58. The summed E-state index contributed by atoms with van der Waals surface area (Å²) in [6.07, 6.45) is 12.4. The van der Waals surface area contributed by atoms with Gasteiger partial charge in [0.15, 0.2) is 0 Å². The normalized spacial score (nSPS) is 42.7. The van der Waals surface area contributed by atoms with Crippen LogP contribution in [0.5, 0.6) is 0 Å². The molecule has 0 amide bonds. The molecule has 0 aromatic rings. The molecule has 116 valence electrons. The summed E-state index contributed by atoms with van der Waals surface area (Å²) in [5, 5.41) is 0. The Morgan fingerprint density at radius 3 is 2.62 bits per heavy atom. The first-order valence-corrected chi connectivity index (χ1v) is 8.74. The number of aldehydes is 1. The molecule has 0 saturated heterocycles. The topological polar surface area (TPSA) is 17.1 Å². The summed E-state index contributed by atoms with van der Waals surface area (Å²) in [6.45, 7) is 9.19. The van der Waals surface area contributed by atoms with Gasteiger partial charge in [-0.15, -0.1) is 0 Å². The van der Waals surface area contributed by atoms with E-state index in [0.29, 0.717) is 11.3 Å². The van der Waals surface area contributed by atoms with Gasteiger partial charge in [0.05, 0.1) is 0 Å². The molecule has 1 heteroatoms. The summed E-state index contributed by atoms with van der Waals surface area (Å²) in [7, 11) is 0. The van der Waals surface area contributed by atoms with Crippen molar-refractivity contribution in [1.29, 1.82) is 0 Å². The van der Waals surface area contributed by atoms with Crippen LogP contribution in [0.4, 0.5) is 0 Å². The number of carbonyl (C=O) groups is 1. The van der Waals surface area contributed by atoms with Gasteiger partial charge in [0.2, 0.25) is 0 Å². The van der Waals surface area contributed by atoms with Crippen molar-refractivity contribution in [2.45, 2.75) is 72.6 Å². The Morgan fingerprint density at radius 1 is 1.19 bits per heavy atom. The molecule has 21 heavy (non-hydrogen) atoms. The first kappa shape index (κ1) is 15.1. The summed E-state index contributed by atoms with van der Waals surface area (Å²) in [5.41, 5.74) is 5.01. The highest BCUT2D eigenvalue weighted by atomic mass is 16.1. The number of hydrogen-bond donors (Lipinski definition) is 0. The lowest BCUT2D eigenvalue weighted by molar-refractivity contribution is -0.130. The molecule has 1 nitrogen and oxygen atoms in total. The summed E-state index contributed by atoms with van der Waals surface area (Å²) >= 11 is 0. The highest BCUT2D eigenvalue weighted by Gasteiger charge is 2.55. The predicted molar refractivity (Wildman–Crippen MR) is 88.0 cm³/mol. The molecule has 2 fully saturated rings. The van der Waals surface area contributed by atoms with Crippen LogP contribution in [0.1, 0.15) is 72.6 Å². The smallest absolute Gasteiger partial charge is 0.126 e. The third-order valence-corrected chi connectivity index (χ3v) is 6.96. The first-order valence-electron chi connectivity index (χ1n) is 8.74. The number of rotatable bonds is 1. The molecule has 0 unspecified atom stereocenters. The Labute approximate surface area is 129 Å². The third-order valence-electron chi connectivity index (χ3n) is 6.96. The Balaban J connectivity index is 1.98. The van der Waals surface area contributed by atoms with Crippen molar-refractivity contribution in [2.24, 2.45) is 22.7 Å². The van der Waals surface area contributed by atoms with Crippen molar-refractivity contribution in [2.75, 3.05) is 0 Å². The molecular formula is C20H30O. The van der Waals surface area contributed by atoms with E-state index in [-0.39, 0.29) is 5.41 Å². The minimum Gasteiger partial charge on any atom is -0.303 e. The zero-order valence-electron chi connectivity index (χ0n) is 14.2. The van der Waals surface area contributed by atoms with Gasteiger partial charge in [-0.3, -0.25) is 0 Å². The van der Waals surface area contributed by atoms with Crippen LogP contribution in [-0.2, 0) is 4.79 Å².